The van der Waals surface area contributed by atoms with Gasteiger partial charge < -0.3 is 20.1 Å². The van der Waals surface area contributed by atoms with Crippen molar-refractivity contribution in [1.82, 2.24) is 0 Å². The Bertz CT molecular complexity index is 454. The molecular weight excluding hydrogens is 260 g/mol. The molecule has 0 bridgehead atoms. The Labute approximate surface area is 118 Å². The van der Waals surface area contributed by atoms with E-state index >= 15 is 0 Å². The number of benzene rings is 1. The minimum absolute atomic E-state index is 0.129. The smallest absolute Gasteiger partial charge is 0.224 e. The Hall–Kier alpha value is -2.24. The summed E-state index contributed by atoms with van der Waals surface area (Å²) < 4.78 is 10.4. The molecule has 0 saturated carbocycles. The molecule has 110 valence electrons. The zero-order chi connectivity index (χ0) is 15.1. The molecule has 0 fully saturated rings. The molecule has 2 amide bonds. The molecule has 0 heterocycles. The van der Waals surface area contributed by atoms with Gasteiger partial charge in [-0.15, -0.1) is 0 Å². The van der Waals surface area contributed by atoms with Gasteiger partial charge >= 0.3 is 0 Å². The number of hydrogen-bond donors (Lipinski definition) is 2. The number of rotatable bonds is 6. The first-order valence-electron chi connectivity index (χ1n) is 6.41. The maximum Gasteiger partial charge on any atom is 0.224 e. The van der Waals surface area contributed by atoms with Crippen molar-refractivity contribution < 1.29 is 19.1 Å². The highest BCUT2D eigenvalue weighted by Crippen LogP contribution is 2.36. The van der Waals surface area contributed by atoms with Gasteiger partial charge in [0.25, 0.3) is 0 Å². The summed E-state index contributed by atoms with van der Waals surface area (Å²) in [6.07, 6.45) is 0.722. The number of amides is 2. The van der Waals surface area contributed by atoms with E-state index in [-0.39, 0.29) is 11.8 Å². The second kappa shape index (κ2) is 7.37. The summed E-state index contributed by atoms with van der Waals surface area (Å²) in [4.78, 5) is 23.0. The molecule has 0 aliphatic rings. The average molecular weight is 280 g/mol. The minimum Gasteiger partial charge on any atom is -0.494 e. The van der Waals surface area contributed by atoms with Crippen molar-refractivity contribution in [1.29, 1.82) is 0 Å². The Morgan fingerprint density at radius 3 is 1.50 bits per heavy atom. The number of ether oxygens (including phenoxy) is 2. The first-order chi connectivity index (χ1) is 9.55. The molecule has 0 saturated heterocycles. The molecule has 1 aromatic rings. The van der Waals surface area contributed by atoms with E-state index in [1.165, 1.54) is 14.2 Å². The summed E-state index contributed by atoms with van der Waals surface area (Å²) in [6.45, 7) is 3.52. The monoisotopic (exact) mass is 280 g/mol. The zero-order valence-electron chi connectivity index (χ0n) is 12.2. The summed E-state index contributed by atoms with van der Waals surface area (Å²) in [5.74, 6) is 0.657. The van der Waals surface area contributed by atoms with E-state index in [0.29, 0.717) is 35.7 Å². The van der Waals surface area contributed by atoms with Crippen molar-refractivity contribution in [2.75, 3.05) is 24.9 Å². The maximum atomic E-state index is 11.5. The van der Waals surface area contributed by atoms with Crippen molar-refractivity contribution >= 4 is 23.2 Å². The Morgan fingerprint density at radius 1 is 0.900 bits per heavy atom. The van der Waals surface area contributed by atoms with Crippen LogP contribution in [0.1, 0.15) is 26.7 Å². The predicted molar refractivity (Wildman–Crippen MR) is 77.4 cm³/mol. The van der Waals surface area contributed by atoms with E-state index < -0.39 is 0 Å². The second-order valence-corrected chi connectivity index (χ2v) is 4.06. The van der Waals surface area contributed by atoms with Crippen molar-refractivity contribution in [3.05, 3.63) is 12.1 Å². The van der Waals surface area contributed by atoms with Gasteiger partial charge in [-0.3, -0.25) is 9.59 Å². The zero-order valence-corrected chi connectivity index (χ0v) is 12.2. The summed E-state index contributed by atoms with van der Waals surface area (Å²) in [7, 11) is 2.99. The van der Waals surface area contributed by atoms with Gasteiger partial charge in [0.15, 0.2) is 0 Å². The van der Waals surface area contributed by atoms with Gasteiger partial charge in [0.05, 0.1) is 25.6 Å². The van der Waals surface area contributed by atoms with E-state index in [1.807, 2.05) is 0 Å². The van der Waals surface area contributed by atoms with Crippen LogP contribution in [0, 0.1) is 0 Å². The molecule has 1 aromatic carbocycles. The van der Waals surface area contributed by atoms with Crippen LogP contribution in [0.15, 0.2) is 12.1 Å². The molecular formula is C14H20N2O4. The van der Waals surface area contributed by atoms with Gasteiger partial charge in [-0.2, -0.15) is 0 Å². The lowest BCUT2D eigenvalue weighted by atomic mass is 10.2. The third kappa shape index (κ3) is 3.88. The molecule has 0 atom stereocenters. The molecule has 0 aliphatic heterocycles. The van der Waals surface area contributed by atoms with E-state index in [9.17, 15) is 9.59 Å². The van der Waals surface area contributed by atoms with Crippen LogP contribution in [0.5, 0.6) is 11.5 Å². The molecule has 0 radical (unpaired) electrons. The van der Waals surface area contributed by atoms with Crippen molar-refractivity contribution in [2.45, 2.75) is 26.7 Å². The van der Waals surface area contributed by atoms with Gasteiger partial charge in [-0.05, 0) is 0 Å². The van der Waals surface area contributed by atoms with Gasteiger partial charge in [0, 0.05) is 25.0 Å². The van der Waals surface area contributed by atoms with E-state index in [2.05, 4.69) is 10.6 Å². The lowest BCUT2D eigenvalue weighted by molar-refractivity contribution is -0.116. The molecule has 0 aromatic heterocycles. The third-order valence-electron chi connectivity index (χ3n) is 2.71. The molecule has 6 heteroatoms. The highest BCUT2D eigenvalue weighted by atomic mass is 16.5. The first-order valence-corrected chi connectivity index (χ1v) is 6.41. The fourth-order valence-corrected chi connectivity index (χ4v) is 1.57. The van der Waals surface area contributed by atoms with Crippen LogP contribution in [0.3, 0.4) is 0 Å². The van der Waals surface area contributed by atoms with Crippen LogP contribution in [-0.2, 0) is 9.59 Å². The Balaban J connectivity index is 3.15. The van der Waals surface area contributed by atoms with Crippen molar-refractivity contribution in [2.24, 2.45) is 0 Å². The summed E-state index contributed by atoms with van der Waals surface area (Å²) >= 11 is 0. The lowest BCUT2D eigenvalue weighted by Crippen LogP contribution is -2.13. The topological polar surface area (TPSA) is 76.7 Å². The van der Waals surface area contributed by atoms with Gasteiger partial charge in [0.2, 0.25) is 11.8 Å². The number of nitrogens with one attached hydrogen (secondary N) is 2. The fourth-order valence-electron chi connectivity index (χ4n) is 1.57. The number of methoxy groups -OCH3 is 2. The molecule has 0 aliphatic carbocycles. The van der Waals surface area contributed by atoms with Crippen LogP contribution in [0.4, 0.5) is 11.4 Å². The Morgan fingerprint density at radius 2 is 1.25 bits per heavy atom. The quantitative estimate of drug-likeness (QED) is 0.839. The molecule has 0 unspecified atom stereocenters. The summed E-state index contributed by atoms with van der Waals surface area (Å²) in [5, 5.41) is 5.45. The van der Waals surface area contributed by atoms with Crippen LogP contribution in [0.25, 0.3) is 0 Å². The SMILES string of the molecule is CCC(=O)Nc1cc(OC)c(NC(=O)CC)cc1OC. The highest BCUT2D eigenvalue weighted by Gasteiger charge is 2.14. The van der Waals surface area contributed by atoms with Gasteiger partial charge in [0.1, 0.15) is 11.5 Å². The number of hydrogen-bond acceptors (Lipinski definition) is 4. The molecule has 2 N–H and O–H groups in total. The molecule has 1 rings (SSSR count). The molecule has 0 spiro atoms. The minimum atomic E-state index is -0.129. The highest BCUT2D eigenvalue weighted by molar-refractivity contribution is 5.96. The summed E-state index contributed by atoms with van der Waals surface area (Å²) in [6, 6.07) is 3.25. The van der Waals surface area contributed by atoms with E-state index in [4.69, 9.17) is 9.47 Å². The lowest BCUT2D eigenvalue weighted by Gasteiger charge is -2.15. The normalized spacial score (nSPS) is 9.80. The Kier molecular flexibility index (Phi) is 5.83. The summed E-state index contributed by atoms with van der Waals surface area (Å²) in [5.41, 5.74) is 1.01. The first kappa shape index (κ1) is 15.8. The predicted octanol–water partition coefficient (Wildman–Crippen LogP) is 2.40. The second-order valence-electron chi connectivity index (χ2n) is 4.06. The fraction of sp³-hybridized carbons (Fsp3) is 0.429. The molecule has 6 nitrogen and oxygen atoms in total. The maximum absolute atomic E-state index is 11.5. The van der Waals surface area contributed by atoms with Crippen LogP contribution in [-0.4, -0.2) is 26.0 Å². The largest absolute Gasteiger partial charge is 0.494 e. The number of carbonyl (C=O) groups is 2. The third-order valence-corrected chi connectivity index (χ3v) is 2.71. The van der Waals surface area contributed by atoms with Crippen LogP contribution >= 0.6 is 0 Å². The van der Waals surface area contributed by atoms with Gasteiger partial charge in [-0.1, -0.05) is 13.8 Å². The number of anilines is 2. The van der Waals surface area contributed by atoms with Crippen LogP contribution in [0.2, 0.25) is 0 Å². The molecule has 20 heavy (non-hydrogen) atoms. The van der Waals surface area contributed by atoms with Crippen molar-refractivity contribution in [3.8, 4) is 11.5 Å². The van der Waals surface area contributed by atoms with E-state index in [0.717, 1.165) is 0 Å². The van der Waals surface area contributed by atoms with Crippen LogP contribution < -0.4 is 20.1 Å². The average Bonchev–Trinajstić information content (AvgIpc) is 2.47. The van der Waals surface area contributed by atoms with E-state index in [1.54, 1.807) is 26.0 Å². The van der Waals surface area contributed by atoms with Gasteiger partial charge in [-0.25, -0.2) is 0 Å². The standard InChI is InChI=1S/C14H20N2O4/c1-5-13(17)15-9-7-12(20-4)10(8-11(9)19-3)16-14(18)6-2/h7-8H,5-6H2,1-4H3,(H,15,17)(H,16,18). The van der Waals surface area contributed by atoms with Crippen molar-refractivity contribution in [3.63, 3.8) is 0 Å². The number of carbonyl (C=O) groups excluding carboxylic acids is 2.